The minimum atomic E-state index is -1.82. The molecule has 1 aromatic carbocycles. The van der Waals surface area contributed by atoms with Gasteiger partial charge in [0, 0.05) is 36.0 Å². The number of hydrogen-bond acceptors (Lipinski definition) is 6. The van der Waals surface area contributed by atoms with Crippen molar-refractivity contribution in [2.45, 2.75) is 63.4 Å². The van der Waals surface area contributed by atoms with E-state index in [1.807, 2.05) is 24.4 Å². The second-order valence-corrected chi connectivity index (χ2v) is 10.9. The first kappa shape index (κ1) is 29.4. The van der Waals surface area contributed by atoms with E-state index in [1.54, 1.807) is 12.3 Å². The molecule has 1 aliphatic carbocycles. The van der Waals surface area contributed by atoms with Crippen LogP contribution in [0.5, 0.6) is 0 Å². The lowest BCUT2D eigenvalue weighted by molar-refractivity contribution is -0.159. The van der Waals surface area contributed by atoms with E-state index in [1.165, 1.54) is 30.9 Å². The van der Waals surface area contributed by atoms with Crippen LogP contribution in [-0.4, -0.2) is 62.9 Å². The summed E-state index contributed by atoms with van der Waals surface area (Å²) in [4.78, 5) is 25.3. The van der Waals surface area contributed by atoms with E-state index < -0.39 is 11.9 Å². The Hall–Kier alpha value is -3.56. The molecule has 2 atom stereocenters. The molecule has 5 rings (SSSR count). The maximum atomic E-state index is 14.1. The number of pyridine rings is 1. The van der Waals surface area contributed by atoms with Gasteiger partial charge in [0.25, 0.3) is 0 Å². The molecule has 3 N–H and O–H groups in total. The van der Waals surface area contributed by atoms with Crippen LogP contribution in [0, 0.1) is 11.7 Å². The minimum Gasteiger partial charge on any atom is -0.473 e. The van der Waals surface area contributed by atoms with Crippen LogP contribution in [0.1, 0.15) is 63.1 Å². The van der Waals surface area contributed by atoms with Gasteiger partial charge < -0.3 is 19.7 Å². The summed E-state index contributed by atoms with van der Waals surface area (Å²) in [6, 6.07) is 11.1. The highest BCUT2D eigenvalue weighted by Crippen LogP contribution is 2.39. The van der Waals surface area contributed by atoms with Crippen LogP contribution < -0.4 is 0 Å². The van der Waals surface area contributed by atoms with Gasteiger partial charge in [-0.2, -0.15) is 0 Å². The van der Waals surface area contributed by atoms with Crippen LogP contribution in [0.15, 0.2) is 59.4 Å². The molecule has 0 spiro atoms. The molecule has 2 unspecified atom stereocenters. The Morgan fingerprint density at radius 1 is 1.12 bits per heavy atom. The molecule has 214 valence electrons. The molecule has 40 heavy (non-hydrogen) atoms. The van der Waals surface area contributed by atoms with Crippen molar-refractivity contribution in [1.29, 1.82) is 0 Å². The Morgan fingerprint density at radius 3 is 2.50 bits per heavy atom. The largest absolute Gasteiger partial charge is 0.473 e. The molecule has 2 aromatic heterocycles. The monoisotopic (exact) mass is 552 g/mol. The third-order valence-electron chi connectivity index (χ3n) is 8.33. The van der Waals surface area contributed by atoms with Crippen molar-refractivity contribution in [3.63, 3.8) is 0 Å². The first-order valence-corrected chi connectivity index (χ1v) is 13.8. The Morgan fingerprint density at radius 2 is 1.88 bits per heavy atom. The minimum absolute atomic E-state index is 0.240. The molecule has 9 heteroatoms. The summed E-state index contributed by atoms with van der Waals surface area (Å²) in [5.74, 6) is -3.54. The summed E-state index contributed by atoms with van der Waals surface area (Å²) >= 11 is 0. The average molecular weight is 553 g/mol. The second kappa shape index (κ2) is 13.2. The number of hydrogen-bond donors (Lipinski definition) is 3. The molecule has 0 radical (unpaired) electrons. The van der Waals surface area contributed by atoms with Crippen molar-refractivity contribution < 1.29 is 33.7 Å². The van der Waals surface area contributed by atoms with E-state index in [-0.39, 0.29) is 17.3 Å². The fourth-order valence-electron chi connectivity index (χ4n) is 5.93. The Bertz CT molecular complexity index is 1320. The van der Waals surface area contributed by atoms with Gasteiger partial charge in [0.05, 0.1) is 17.8 Å². The Kier molecular flexibility index (Phi) is 9.71. The van der Waals surface area contributed by atoms with E-state index in [9.17, 15) is 9.50 Å². The number of aliphatic hydroxyl groups excluding tert-OH is 1. The molecule has 2 aliphatic rings. The highest BCUT2D eigenvalue weighted by molar-refractivity contribution is 6.27. The number of carbonyl (C=O) groups is 2. The zero-order valence-corrected chi connectivity index (χ0v) is 22.8. The van der Waals surface area contributed by atoms with E-state index in [4.69, 9.17) is 24.2 Å². The number of furan rings is 1. The van der Waals surface area contributed by atoms with Crippen LogP contribution in [0.3, 0.4) is 0 Å². The molecule has 1 fully saturated rings. The quantitative estimate of drug-likeness (QED) is 0.328. The number of nitrogens with zero attached hydrogens (tertiary/aromatic N) is 2. The maximum absolute atomic E-state index is 14.1. The van der Waals surface area contributed by atoms with Crippen molar-refractivity contribution in [3.8, 4) is 0 Å². The molecule has 8 nitrogen and oxygen atoms in total. The Labute approximate surface area is 233 Å². The number of fused-ring (bicyclic) bond motifs is 1. The summed E-state index contributed by atoms with van der Waals surface area (Å²) in [6.45, 7) is 4.88. The van der Waals surface area contributed by atoms with Crippen LogP contribution in [-0.2, 0) is 15.0 Å². The second-order valence-electron chi connectivity index (χ2n) is 10.9. The zero-order valence-electron chi connectivity index (χ0n) is 22.8. The van der Waals surface area contributed by atoms with Crippen molar-refractivity contribution >= 4 is 28.5 Å². The summed E-state index contributed by atoms with van der Waals surface area (Å²) < 4.78 is 19.7. The SMILES string of the molecule is CC(CCN1CC=C(c2ccc(F)c3ccoc23)CC1)(c1ccccn1)C(O)C1CCCCC1.O=C(O)C(=O)O. The molecule has 1 aliphatic heterocycles. The number of aliphatic carboxylic acids is 2. The summed E-state index contributed by atoms with van der Waals surface area (Å²) in [7, 11) is 0. The number of aromatic nitrogens is 1. The van der Waals surface area contributed by atoms with E-state index in [2.05, 4.69) is 29.0 Å². The molecule has 0 bridgehead atoms. The molecule has 3 aromatic rings. The van der Waals surface area contributed by atoms with Crippen molar-refractivity contribution in [3.05, 3.63) is 72.0 Å². The fourth-order valence-corrected chi connectivity index (χ4v) is 5.93. The average Bonchev–Trinajstić information content (AvgIpc) is 3.48. The maximum Gasteiger partial charge on any atom is 0.414 e. The predicted molar refractivity (Wildman–Crippen MR) is 149 cm³/mol. The molecular weight excluding hydrogens is 515 g/mol. The lowest BCUT2D eigenvalue weighted by Gasteiger charge is -2.41. The van der Waals surface area contributed by atoms with E-state index in [0.717, 1.165) is 56.6 Å². The van der Waals surface area contributed by atoms with Crippen molar-refractivity contribution in [2.24, 2.45) is 5.92 Å². The Balaban J connectivity index is 0.000000557. The molecular formula is C31H37FN2O6. The molecule has 1 saturated carbocycles. The van der Waals surface area contributed by atoms with Gasteiger partial charge in [0.2, 0.25) is 0 Å². The number of carboxylic acid groups (broad SMARTS) is 2. The molecule has 3 heterocycles. The molecule has 0 saturated heterocycles. The lowest BCUT2D eigenvalue weighted by atomic mass is 9.69. The number of carboxylic acids is 2. The van der Waals surface area contributed by atoms with E-state index in [0.29, 0.717) is 16.9 Å². The number of benzene rings is 1. The van der Waals surface area contributed by atoms with Gasteiger partial charge in [-0.3, -0.25) is 9.88 Å². The van der Waals surface area contributed by atoms with Crippen LogP contribution in [0.2, 0.25) is 0 Å². The highest BCUT2D eigenvalue weighted by Gasteiger charge is 2.41. The van der Waals surface area contributed by atoms with E-state index >= 15 is 0 Å². The smallest absolute Gasteiger partial charge is 0.414 e. The highest BCUT2D eigenvalue weighted by atomic mass is 19.1. The first-order chi connectivity index (χ1) is 19.2. The van der Waals surface area contributed by atoms with Gasteiger partial charge in [-0.25, -0.2) is 14.0 Å². The third-order valence-corrected chi connectivity index (χ3v) is 8.33. The van der Waals surface area contributed by atoms with Gasteiger partial charge >= 0.3 is 11.9 Å². The topological polar surface area (TPSA) is 124 Å². The number of aliphatic hydroxyl groups is 1. The summed E-state index contributed by atoms with van der Waals surface area (Å²) in [6.07, 6.45) is 13.0. The van der Waals surface area contributed by atoms with Gasteiger partial charge in [0.1, 0.15) is 11.4 Å². The van der Waals surface area contributed by atoms with Gasteiger partial charge in [-0.15, -0.1) is 0 Å². The van der Waals surface area contributed by atoms with Gasteiger partial charge in [-0.1, -0.05) is 38.3 Å². The lowest BCUT2D eigenvalue weighted by Crippen LogP contribution is -2.45. The summed E-state index contributed by atoms with van der Waals surface area (Å²) in [5.41, 5.74) is 3.47. The first-order valence-electron chi connectivity index (χ1n) is 13.8. The van der Waals surface area contributed by atoms with Gasteiger partial charge in [-0.05, 0) is 74.1 Å². The molecule has 0 amide bonds. The summed E-state index contributed by atoms with van der Waals surface area (Å²) in [5, 5.41) is 26.9. The zero-order chi connectivity index (χ0) is 28.7. The van der Waals surface area contributed by atoms with Crippen molar-refractivity contribution in [2.75, 3.05) is 19.6 Å². The standard InChI is InChI=1S/C29H35FN2O2.C2H2O4/c1-29(26-9-5-6-16-31-26,28(33)22-7-3-2-4-8-22)15-19-32-17-12-21(13-18-32)23-10-11-25(30)24-14-20-34-27(23)24;3-1(4)2(5)6/h5-6,9-12,14,16,20,22,28,33H,2-4,7-8,13,15,17-19H2,1H3;(H,3,4)(H,5,6). The number of rotatable bonds is 7. The van der Waals surface area contributed by atoms with Crippen molar-refractivity contribution in [1.82, 2.24) is 9.88 Å². The van der Waals surface area contributed by atoms with Crippen LogP contribution >= 0.6 is 0 Å². The van der Waals surface area contributed by atoms with Crippen LogP contribution in [0.25, 0.3) is 16.5 Å². The predicted octanol–water partition coefficient (Wildman–Crippen LogP) is 5.50. The third kappa shape index (κ3) is 6.77. The number of halogens is 1. The van der Waals surface area contributed by atoms with Crippen LogP contribution in [0.4, 0.5) is 4.39 Å². The van der Waals surface area contributed by atoms with Gasteiger partial charge in [0.15, 0.2) is 0 Å². The fraction of sp³-hybridized carbons (Fsp3) is 0.452. The normalized spacial score (nSPS) is 18.7.